The second-order valence-electron chi connectivity index (χ2n) is 3.97. The van der Waals surface area contributed by atoms with Crippen molar-refractivity contribution in [3.63, 3.8) is 0 Å². The van der Waals surface area contributed by atoms with Crippen molar-refractivity contribution < 1.29 is 9.90 Å². The molecule has 0 atom stereocenters. The molecule has 0 radical (unpaired) electrons. The average molecular weight is 392 g/mol. The van der Waals surface area contributed by atoms with Crippen LogP contribution < -0.4 is 0 Å². The molecule has 20 heavy (non-hydrogen) atoms. The first-order valence-electron chi connectivity index (χ1n) is 5.57. The van der Waals surface area contributed by atoms with Crippen molar-refractivity contribution in [1.82, 2.24) is 0 Å². The number of benzene rings is 2. The van der Waals surface area contributed by atoms with Gasteiger partial charge in [-0.2, -0.15) is 0 Å². The van der Waals surface area contributed by atoms with E-state index in [0.29, 0.717) is 20.7 Å². The summed E-state index contributed by atoms with van der Waals surface area (Å²) in [6.45, 7) is 0. The lowest BCUT2D eigenvalue weighted by atomic mass is 10.2. The highest BCUT2D eigenvalue weighted by Crippen LogP contribution is 2.32. The second-order valence-corrected chi connectivity index (χ2v) is 6.75. The van der Waals surface area contributed by atoms with Crippen molar-refractivity contribution in [1.29, 1.82) is 0 Å². The Morgan fingerprint density at radius 2 is 1.95 bits per heavy atom. The molecule has 0 fully saturated rings. The maximum absolute atomic E-state index is 11.2. The molecule has 6 heteroatoms. The summed E-state index contributed by atoms with van der Waals surface area (Å²) in [5.74, 6) is -0.366. The van der Waals surface area contributed by atoms with E-state index in [-0.39, 0.29) is 5.56 Å². The Morgan fingerprint density at radius 1 is 1.20 bits per heavy atom. The van der Waals surface area contributed by atoms with Gasteiger partial charge in [0, 0.05) is 25.2 Å². The van der Waals surface area contributed by atoms with Crippen molar-refractivity contribution in [3.8, 4) is 0 Å². The molecule has 0 bridgehead atoms. The Balaban J connectivity index is 2.22. The summed E-state index contributed by atoms with van der Waals surface area (Å²) < 4.78 is 0.840. The molecule has 0 amide bonds. The normalized spacial score (nSPS) is 10.6. The van der Waals surface area contributed by atoms with Crippen molar-refractivity contribution in [2.75, 3.05) is 0 Å². The number of carbonyl (C=O) groups is 1. The highest BCUT2D eigenvalue weighted by Gasteiger charge is 2.12. The molecule has 0 aliphatic carbocycles. The van der Waals surface area contributed by atoms with Gasteiger partial charge in [0.1, 0.15) is 0 Å². The summed E-state index contributed by atoms with van der Waals surface area (Å²) in [5.41, 5.74) is 1.20. The zero-order valence-corrected chi connectivity index (χ0v) is 14.0. The van der Waals surface area contributed by atoms with Crippen molar-refractivity contribution in [3.05, 3.63) is 62.0 Å². The average Bonchev–Trinajstić information content (AvgIpc) is 2.37. The summed E-state index contributed by atoms with van der Waals surface area (Å²) >= 11 is 16.7. The Labute approximate surface area is 139 Å². The van der Waals surface area contributed by atoms with Crippen LogP contribution in [0, 0.1) is 0 Å². The molecule has 0 aliphatic heterocycles. The van der Waals surface area contributed by atoms with Crippen LogP contribution in [0.5, 0.6) is 0 Å². The van der Waals surface area contributed by atoms with Gasteiger partial charge in [-0.15, -0.1) is 11.8 Å². The van der Waals surface area contributed by atoms with Crippen LogP contribution >= 0.6 is 50.9 Å². The van der Waals surface area contributed by atoms with Gasteiger partial charge in [0.2, 0.25) is 0 Å². The molecule has 1 N–H and O–H groups in total. The third kappa shape index (κ3) is 3.92. The predicted octanol–water partition coefficient (Wildman–Crippen LogP) is 5.75. The van der Waals surface area contributed by atoms with E-state index in [2.05, 4.69) is 15.9 Å². The van der Waals surface area contributed by atoms with Crippen LogP contribution in [-0.2, 0) is 5.75 Å². The highest BCUT2D eigenvalue weighted by molar-refractivity contribution is 9.10. The van der Waals surface area contributed by atoms with Crippen molar-refractivity contribution in [2.24, 2.45) is 0 Å². The van der Waals surface area contributed by atoms with E-state index in [1.807, 2.05) is 6.07 Å². The van der Waals surface area contributed by atoms with E-state index in [9.17, 15) is 9.90 Å². The molecule has 104 valence electrons. The Morgan fingerprint density at radius 3 is 2.60 bits per heavy atom. The minimum Gasteiger partial charge on any atom is -0.478 e. The number of rotatable bonds is 4. The monoisotopic (exact) mass is 390 g/mol. The number of carboxylic acid groups (broad SMARTS) is 1. The fourth-order valence-corrected chi connectivity index (χ4v) is 3.74. The SMILES string of the molecule is O=C(O)c1ccc(Br)cc1SCc1ccc(Cl)cc1Cl. The van der Waals surface area contributed by atoms with Gasteiger partial charge >= 0.3 is 5.97 Å². The molecule has 0 unspecified atom stereocenters. The minimum absolute atomic E-state index is 0.281. The van der Waals surface area contributed by atoms with Gasteiger partial charge in [0.25, 0.3) is 0 Å². The lowest BCUT2D eigenvalue weighted by molar-refractivity contribution is 0.0693. The van der Waals surface area contributed by atoms with E-state index < -0.39 is 5.97 Å². The maximum atomic E-state index is 11.2. The smallest absolute Gasteiger partial charge is 0.336 e. The lowest BCUT2D eigenvalue weighted by Gasteiger charge is -2.08. The molecule has 2 rings (SSSR count). The Kier molecular flexibility index (Phi) is 5.38. The van der Waals surface area contributed by atoms with E-state index in [4.69, 9.17) is 23.2 Å². The lowest BCUT2D eigenvalue weighted by Crippen LogP contribution is -1.98. The molecule has 0 saturated heterocycles. The van der Waals surface area contributed by atoms with Crippen molar-refractivity contribution in [2.45, 2.75) is 10.6 Å². The predicted molar refractivity (Wildman–Crippen MR) is 87.1 cm³/mol. The fourth-order valence-electron chi connectivity index (χ4n) is 1.59. The number of thioether (sulfide) groups is 1. The first kappa shape index (κ1) is 15.7. The van der Waals surface area contributed by atoms with Gasteiger partial charge < -0.3 is 5.11 Å². The Bertz CT molecular complexity index is 662. The van der Waals surface area contributed by atoms with Crippen LogP contribution in [0.4, 0.5) is 0 Å². The summed E-state index contributed by atoms with van der Waals surface area (Å²) in [4.78, 5) is 11.9. The van der Waals surface area contributed by atoms with E-state index in [1.165, 1.54) is 11.8 Å². The number of hydrogen-bond acceptors (Lipinski definition) is 2. The van der Waals surface area contributed by atoms with Crippen LogP contribution in [-0.4, -0.2) is 11.1 Å². The zero-order valence-electron chi connectivity index (χ0n) is 10.1. The van der Waals surface area contributed by atoms with Crippen molar-refractivity contribution >= 4 is 56.9 Å². The summed E-state index contributed by atoms with van der Waals surface area (Å²) in [6, 6.07) is 10.4. The summed E-state index contributed by atoms with van der Waals surface area (Å²) in [5, 5.41) is 10.3. The summed E-state index contributed by atoms with van der Waals surface area (Å²) in [7, 11) is 0. The molecule has 2 aromatic carbocycles. The van der Waals surface area contributed by atoms with Gasteiger partial charge in [0.05, 0.1) is 5.56 Å². The van der Waals surface area contributed by atoms with Gasteiger partial charge in [-0.05, 0) is 35.9 Å². The van der Waals surface area contributed by atoms with Gasteiger partial charge in [-0.1, -0.05) is 45.2 Å². The number of aromatic carboxylic acids is 1. The molecule has 0 spiro atoms. The third-order valence-corrected chi connectivity index (χ3v) is 4.76. The van der Waals surface area contributed by atoms with Crippen LogP contribution in [0.3, 0.4) is 0 Å². The second kappa shape index (κ2) is 6.85. The van der Waals surface area contributed by atoms with Crippen LogP contribution in [0.25, 0.3) is 0 Å². The van der Waals surface area contributed by atoms with Crippen LogP contribution in [0.1, 0.15) is 15.9 Å². The van der Waals surface area contributed by atoms with E-state index in [0.717, 1.165) is 10.0 Å². The molecule has 0 heterocycles. The minimum atomic E-state index is -0.942. The fraction of sp³-hybridized carbons (Fsp3) is 0.0714. The van der Waals surface area contributed by atoms with Gasteiger partial charge in [-0.25, -0.2) is 4.79 Å². The molecule has 2 aromatic rings. The molecular weight excluding hydrogens is 383 g/mol. The van der Waals surface area contributed by atoms with Gasteiger partial charge in [0.15, 0.2) is 0 Å². The molecule has 0 saturated carbocycles. The maximum Gasteiger partial charge on any atom is 0.336 e. The van der Waals surface area contributed by atoms with E-state index >= 15 is 0 Å². The third-order valence-electron chi connectivity index (χ3n) is 2.57. The van der Waals surface area contributed by atoms with E-state index in [1.54, 1.807) is 30.3 Å². The standard InChI is InChI=1S/C14H9BrCl2O2S/c15-9-2-4-11(14(18)19)13(5-9)20-7-8-1-3-10(16)6-12(8)17/h1-6H,7H2,(H,18,19). The highest BCUT2D eigenvalue weighted by atomic mass is 79.9. The van der Waals surface area contributed by atoms with Crippen LogP contribution in [0.2, 0.25) is 10.0 Å². The van der Waals surface area contributed by atoms with Crippen LogP contribution in [0.15, 0.2) is 45.8 Å². The molecule has 0 aliphatic rings. The number of halogens is 3. The molecule has 0 aromatic heterocycles. The first-order valence-corrected chi connectivity index (χ1v) is 8.10. The molecule has 2 nitrogen and oxygen atoms in total. The number of hydrogen-bond donors (Lipinski definition) is 1. The van der Waals surface area contributed by atoms with Gasteiger partial charge in [-0.3, -0.25) is 0 Å². The Hall–Kier alpha value is -0.680. The first-order chi connectivity index (χ1) is 9.47. The number of carboxylic acids is 1. The quantitative estimate of drug-likeness (QED) is 0.674. The zero-order chi connectivity index (χ0) is 14.7. The summed E-state index contributed by atoms with van der Waals surface area (Å²) in [6.07, 6.45) is 0. The molecular formula is C14H9BrCl2O2S. The topological polar surface area (TPSA) is 37.3 Å². The largest absolute Gasteiger partial charge is 0.478 e.